The Morgan fingerprint density at radius 1 is 1.25 bits per heavy atom. The van der Waals surface area contributed by atoms with Gasteiger partial charge in [-0.3, -0.25) is 4.98 Å². The average Bonchev–Trinajstić information content (AvgIpc) is 3.25. The zero-order chi connectivity index (χ0) is 19.3. The van der Waals surface area contributed by atoms with Gasteiger partial charge in [-0.25, -0.2) is 4.98 Å². The van der Waals surface area contributed by atoms with Gasteiger partial charge >= 0.3 is 0 Å². The van der Waals surface area contributed by atoms with Gasteiger partial charge in [0.05, 0.1) is 29.8 Å². The van der Waals surface area contributed by atoms with E-state index in [-0.39, 0.29) is 12.1 Å². The second-order valence-electron chi connectivity index (χ2n) is 7.32. The Hall–Kier alpha value is -2.51. The molecule has 0 spiro atoms. The van der Waals surface area contributed by atoms with Gasteiger partial charge in [0, 0.05) is 30.0 Å². The lowest BCUT2D eigenvalue weighted by atomic mass is 10.0. The third-order valence-electron chi connectivity index (χ3n) is 5.26. The van der Waals surface area contributed by atoms with E-state index in [0.29, 0.717) is 23.2 Å². The fourth-order valence-corrected chi connectivity index (χ4v) is 4.25. The molecule has 1 aliphatic rings. The van der Waals surface area contributed by atoms with Crippen LogP contribution in [0.15, 0.2) is 28.9 Å². The normalized spacial score (nSPS) is 20.2. The van der Waals surface area contributed by atoms with Gasteiger partial charge in [-0.2, -0.15) is 4.98 Å². The fourth-order valence-electron chi connectivity index (χ4n) is 4.08. The molecule has 1 aromatic carbocycles. The largest absolute Gasteiger partial charge is 0.378 e. The average molecular weight is 398 g/mol. The smallest absolute Gasteiger partial charge is 0.223 e. The molecule has 0 N–H and O–H groups in total. The van der Waals surface area contributed by atoms with Crippen molar-refractivity contribution in [2.24, 2.45) is 0 Å². The maximum atomic E-state index is 6.31. The van der Waals surface area contributed by atoms with Crippen molar-refractivity contribution in [1.82, 2.24) is 24.7 Å². The van der Waals surface area contributed by atoms with E-state index in [1.807, 2.05) is 24.4 Å². The number of ether oxygens (including phenoxy) is 1. The predicted molar refractivity (Wildman–Crippen MR) is 106 cm³/mol. The minimum Gasteiger partial charge on any atom is -0.378 e. The molecular formula is C20H20ClN5O2. The highest BCUT2D eigenvalue weighted by molar-refractivity contribution is 6.31. The molecule has 0 aliphatic carbocycles. The molecule has 5 rings (SSSR count). The zero-order valence-corrected chi connectivity index (χ0v) is 16.5. The Morgan fingerprint density at radius 3 is 2.93 bits per heavy atom. The van der Waals surface area contributed by atoms with Crippen LogP contribution in [0, 0.1) is 6.92 Å². The highest BCUT2D eigenvalue weighted by Gasteiger charge is 2.27. The summed E-state index contributed by atoms with van der Waals surface area (Å²) in [5, 5.41) is 5.75. The quantitative estimate of drug-likeness (QED) is 0.514. The third-order valence-corrected chi connectivity index (χ3v) is 5.49. The SMILES string of the molecule is Cc1nc(Cc2nc3cnc4ccc(Cl)cc4c3n2C2CCO[C@H](C)C2)no1. The van der Waals surface area contributed by atoms with Crippen LogP contribution in [-0.4, -0.2) is 37.4 Å². The molecule has 4 heterocycles. The van der Waals surface area contributed by atoms with Gasteiger partial charge in [-0.05, 0) is 38.0 Å². The first kappa shape index (κ1) is 17.6. The van der Waals surface area contributed by atoms with Crippen molar-refractivity contribution in [2.75, 3.05) is 6.61 Å². The predicted octanol–water partition coefficient (Wildman–Crippen LogP) is 4.26. The Balaban J connectivity index is 1.74. The summed E-state index contributed by atoms with van der Waals surface area (Å²) in [4.78, 5) is 13.8. The Labute approximate surface area is 166 Å². The first-order chi connectivity index (χ1) is 13.6. The summed E-state index contributed by atoms with van der Waals surface area (Å²) in [5.74, 6) is 2.09. The summed E-state index contributed by atoms with van der Waals surface area (Å²) in [7, 11) is 0. The fraction of sp³-hybridized carbons (Fsp3) is 0.400. The van der Waals surface area contributed by atoms with Gasteiger partial charge in [-0.15, -0.1) is 0 Å². The van der Waals surface area contributed by atoms with Gasteiger partial charge in [0.25, 0.3) is 0 Å². The van der Waals surface area contributed by atoms with Crippen molar-refractivity contribution in [3.8, 4) is 0 Å². The lowest BCUT2D eigenvalue weighted by molar-refractivity contribution is 0.00630. The van der Waals surface area contributed by atoms with E-state index in [2.05, 4.69) is 26.6 Å². The van der Waals surface area contributed by atoms with E-state index >= 15 is 0 Å². The Bertz CT molecular complexity index is 1170. The second kappa shape index (κ2) is 6.83. The summed E-state index contributed by atoms with van der Waals surface area (Å²) < 4.78 is 13.3. The molecule has 1 fully saturated rings. The minimum atomic E-state index is 0.202. The zero-order valence-electron chi connectivity index (χ0n) is 15.7. The van der Waals surface area contributed by atoms with Crippen LogP contribution in [-0.2, 0) is 11.2 Å². The first-order valence-electron chi connectivity index (χ1n) is 9.44. The molecule has 7 nitrogen and oxygen atoms in total. The number of aryl methyl sites for hydroxylation is 1. The number of fused-ring (bicyclic) bond motifs is 3. The van der Waals surface area contributed by atoms with Crippen molar-refractivity contribution < 1.29 is 9.26 Å². The number of benzene rings is 1. The number of aromatic nitrogens is 5. The lowest BCUT2D eigenvalue weighted by Crippen LogP contribution is -2.26. The first-order valence-corrected chi connectivity index (χ1v) is 9.82. The van der Waals surface area contributed by atoms with Crippen LogP contribution in [0.5, 0.6) is 0 Å². The summed E-state index contributed by atoms with van der Waals surface area (Å²) in [6, 6.07) is 6.06. The molecule has 2 atom stereocenters. The van der Waals surface area contributed by atoms with E-state index in [1.165, 1.54) is 0 Å². The van der Waals surface area contributed by atoms with Gasteiger partial charge in [0.15, 0.2) is 5.82 Å². The van der Waals surface area contributed by atoms with Crippen LogP contribution in [0.3, 0.4) is 0 Å². The van der Waals surface area contributed by atoms with E-state index in [0.717, 1.165) is 47.2 Å². The summed E-state index contributed by atoms with van der Waals surface area (Å²) in [6.45, 7) is 4.64. The standard InChI is InChI=1S/C20H20ClN5O2/c1-11-7-14(5-6-27-11)26-19(9-18-23-12(2)28-25-18)24-17-10-22-16-4-3-13(21)8-15(16)20(17)26/h3-4,8,10-11,14H,5-7,9H2,1-2H3/t11-,14?/m1/s1. The molecule has 8 heteroatoms. The van der Waals surface area contributed by atoms with E-state index in [4.69, 9.17) is 25.8 Å². The van der Waals surface area contributed by atoms with Gasteiger partial charge in [0.1, 0.15) is 11.3 Å². The molecule has 1 aliphatic heterocycles. The lowest BCUT2D eigenvalue weighted by Gasteiger charge is -2.30. The summed E-state index contributed by atoms with van der Waals surface area (Å²) in [6.07, 6.45) is 4.38. The van der Waals surface area contributed by atoms with Crippen molar-refractivity contribution in [3.63, 3.8) is 0 Å². The van der Waals surface area contributed by atoms with E-state index < -0.39 is 0 Å². The minimum absolute atomic E-state index is 0.202. The number of pyridine rings is 1. The van der Waals surface area contributed by atoms with E-state index in [9.17, 15) is 0 Å². The van der Waals surface area contributed by atoms with Crippen molar-refractivity contribution in [1.29, 1.82) is 0 Å². The van der Waals surface area contributed by atoms with Crippen LogP contribution in [0.4, 0.5) is 0 Å². The number of imidazole rings is 1. The molecule has 0 bridgehead atoms. The van der Waals surface area contributed by atoms with E-state index in [1.54, 1.807) is 6.92 Å². The maximum absolute atomic E-state index is 6.31. The monoisotopic (exact) mass is 397 g/mol. The Morgan fingerprint density at radius 2 is 2.14 bits per heavy atom. The molecular weight excluding hydrogens is 378 g/mol. The molecule has 0 saturated carbocycles. The molecule has 0 radical (unpaired) electrons. The van der Waals surface area contributed by atoms with Gasteiger partial charge in [0.2, 0.25) is 5.89 Å². The molecule has 0 amide bonds. The van der Waals surface area contributed by atoms with Crippen LogP contribution in [0.25, 0.3) is 21.9 Å². The summed E-state index contributed by atoms with van der Waals surface area (Å²) >= 11 is 6.31. The highest BCUT2D eigenvalue weighted by atomic mass is 35.5. The number of nitrogens with zero attached hydrogens (tertiary/aromatic N) is 5. The maximum Gasteiger partial charge on any atom is 0.223 e. The van der Waals surface area contributed by atoms with Crippen LogP contribution < -0.4 is 0 Å². The van der Waals surface area contributed by atoms with Crippen molar-refractivity contribution in [2.45, 2.75) is 45.3 Å². The number of halogens is 1. The third kappa shape index (κ3) is 3.04. The Kier molecular flexibility index (Phi) is 4.29. The molecule has 4 aromatic rings. The topological polar surface area (TPSA) is 78.9 Å². The molecule has 3 aromatic heterocycles. The molecule has 144 valence electrons. The number of hydrogen-bond acceptors (Lipinski definition) is 6. The summed E-state index contributed by atoms with van der Waals surface area (Å²) in [5.41, 5.74) is 2.81. The van der Waals surface area contributed by atoms with Crippen LogP contribution >= 0.6 is 11.6 Å². The van der Waals surface area contributed by atoms with Crippen molar-refractivity contribution >= 4 is 33.5 Å². The highest BCUT2D eigenvalue weighted by Crippen LogP contribution is 2.34. The van der Waals surface area contributed by atoms with Gasteiger partial charge < -0.3 is 13.8 Å². The second-order valence-corrected chi connectivity index (χ2v) is 7.75. The number of rotatable bonds is 3. The molecule has 1 saturated heterocycles. The molecule has 28 heavy (non-hydrogen) atoms. The van der Waals surface area contributed by atoms with Crippen molar-refractivity contribution in [3.05, 3.63) is 47.0 Å². The molecule has 1 unspecified atom stereocenters. The van der Waals surface area contributed by atoms with Crippen LogP contribution in [0.1, 0.15) is 43.3 Å². The number of hydrogen-bond donors (Lipinski definition) is 0. The van der Waals surface area contributed by atoms with Crippen LogP contribution in [0.2, 0.25) is 5.02 Å². The van der Waals surface area contributed by atoms with Gasteiger partial charge in [-0.1, -0.05) is 16.8 Å².